The predicted octanol–water partition coefficient (Wildman–Crippen LogP) is 3.63. The molecule has 1 aliphatic carbocycles. The highest BCUT2D eigenvalue weighted by molar-refractivity contribution is 5.78. The van der Waals surface area contributed by atoms with E-state index in [0.29, 0.717) is 18.0 Å². The van der Waals surface area contributed by atoms with Crippen LogP contribution in [0.25, 0.3) is 0 Å². The lowest BCUT2D eigenvalue weighted by Crippen LogP contribution is -2.43. The van der Waals surface area contributed by atoms with Crippen LogP contribution in [-0.4, -0.2) is 25.0 Å². The average Bonchev–Trinajstić information content (AvgIpc) is 2.39. The second kappa shape index (κ2) is 9.38. The van der Waals surface area contributed by atoms with Crippen LogP contribution < -0.4 is 10.6 Å². The van der Waals surface area contributed by atoms with E-state index < -0.39 is 0 Å². The van der Waals surface area contributed by atoms with Gasteiger partial charge >= 0.3 is 0 Å². The molecule has 0 atom stereocenters. The topological polar surface area (TPSA) is 41.1 Å². The molecule has 1 amide bonds. The van der Waals surface area contributed by atoms with Gasteiger partial charge < -0.3 is 10.6 Å². The van der Waals surface area contributed by atoms with Crippen molar-refractivity contribution in [3.05, 3.63) is 0 Å². The van der Waals surface area contributed by atoms with Gasteiger partial charge in [-0.15, -0.1) is 0 Å². The Morgan fingerprint density at radius 3 is 2.50 bits per heavy atom. The van der Waals surface area contributed by atoms with Crippen molar-refractivity contribution in [3.8, 4) is 0 Å². The van der Waals surface area contributed by atoms with Gasteiger partial charge in [0.2, 0.25) is 5.91 Å². The summed E-state index contributed by atoms with van der Waals surface area (Å²) in [5.41, 5.74) is 0.292. The van der Waals surface area contributed by atoms with E-state index >= 15 is 0 Å². The zero-order valence-corrected chi connectivity index (χ0v) is 13.8. The lowest BCUT2D eigenvalue weighted by atomic mass is 9.87. The fourth-order valence-corrected chi connectivity index (χ4v) is 2.98. The molecule has 3 nitrogen and oxygen atoms in total. The Labute approximate surface area is 125 Å². The summed E-state index contributed by atoms with van der Waals surface area (Å²) in [4.78, 5) is 11.9. The maximum atomic E-state index is 11.9. The van der Waals surface area contributed by atoms with Crippen molar-refractivity contribution in [2.24, 2.45) is 5.41 Å². The van der Waals surface area contributed by atoms with Crippen LogP contribution in [0.1, 0.15) is 78.6 Å². The second-order valence-corrected chi connectivity index (χ2v) is 7.13. The molecular weight excluding hydrogens is 248 g/mol. The van der Waals surface area contributed by atoms with Gasteiger partial charge in [0.25, 0.3) is 0 Å². The molecule has 1 aliphatic rings. The Kier molecular flexibility index (Phi) is 8.20. The molecule has 0 unspecified atom stereocenters. The number of nitrogens with one attached hydrogen (secondary N) is 2. The molecule has 118 valence electrons. The van der Waals surface area contributed by atoms with Gasteiger partial charge in [-0.2, -0.15) is 0 Å². The first-order valence-electron chi connectivity index (χ1n) is 8.53. The highest BCUT2D eigenvalue weighted by atomic mass is 16.1. The molecule has 1 rings (SSSR count). The molecule has 0 aromatic heterocycles. The van der Waals surface area contributed by atoms with Crippen molar-refractivity contribution in [3.63, 3.8) is 0 Å². The third kappa shape index (κ3) is 7.88. The normalized spacial score (nSPS) is 17.1. The number of carbonyl (C=O) groups excluding carboxylic acids is 1. The van der Waals surface area contributed by atoms with E-state index in [1.54, 1.807) is 0 Å². The minimum Gasteiger partial charge on any atom is -0.352 e. The third-order valence-electron chi connectivity index (χ3n) is 4.32. The summed E-state index contributed by atoms with van der Waals surface area (Å²) in [5.74, 6) is 0.168. The number of hydrogen-bond donors (Lipinski definition) is 2. The number of rotatable bonds is 9. The number of carbonyl (C=O) groups is 1. The zero-order chi connectivity index (χ0) is 14.8. The lowest BCUT2D eigenvalue weighted by molar-refractivity contribution is -0.121. The molecule has 2 N–H and O–H groups in total. The van der Waals surface area contributed by atoms with Gasteiger partial charge in [0.15, 0.2) is 0 Å². The van der Waals surface area contributed by atoms with Crippen molar-refractivity contribution in [1.82, 2.24) is 10.6 Å². The fraction of sp³-hybridized carbons (Fsp3) is 0.941. The standard InChI is InChI=1S/C17H34N2O/c1-4-5-9-12-17(2,3)14-18-13-16(20)19-15-10-7-6-8-11-15/h15,18H,4-14H2,1-3H3,(H,19,20). The first kappa shape index (κ1) is 17.5. The SMILES string of the molecule is CCCCCC(C)(C)CNCC(=O)NC1CCCCC1. The molecule has 1 fully saturated rings. The van der Waals surface area contributed by atoms with Gasteiger partial charge in [-0.3, -0.25) is 4.79 Å². The van der Waals surface area contributed by atoms with E-state index in [1.807, 2.05) is 0 Å². The summed E-state index contributed by atoms with van der Waals surface area (Å²) in [7, 11) is 0. The van der Waals surface area contributed by atoms with E-state index in [0.717, 1.165) is 19.4 Å². The van der Waals surface area contributed by atoms with Crippen LogP contribution in [0.4, 0.5) is 0 Å². The molecule has 0 heterocycles. The van der Waals surface area contributed by atoms with Gasteiger partial charge in [0.05, 0.1) is 6.54 Å². The van der Waals surface area contributed by atoms with Crippen LogP contribution in [-0.2, 0) is 4.79 Å². The maximum absolute atomic E-state index is 11.9. The average molecular weight is 282 g/mol. The molecule has 0 radical (unpaired) electrons. The van der Waals surface area contributed by atoms with Crippen LogP contribution in [0.3, 0.4) is 0 Å². The van der Waals surface area contributed by atoms with Crippen molar-refractivity contribution in [2.75, 3.05) is 13.1 Å². The minimum atomic E-state index is 0.168. The number of unbranched alkanes of at least 4 members (excludes halogenated alkanes) is 2. The summed E-state index contributed by atoms with van der Waals surface area (Å²) in [6.07, 6.45) is 11.3. The summed E-state index contributed by atoms with van der Waals surface area (Å²) < 4.78 is 0. The Morgan fingerprint density at radius 1 is 1.15 bits per heavy atom. The number of amides is 1. The molecule has 0 saturated heterocycles. The van der Waals surface area contributed by atoms with E-state index in [1.165, 1.54) is 44.9 Å². The molecule has 0 aliphatic heterocycles. The minimum absolute atomic E-state index is 0.168. The first-order chi connectivity index (χ1) is 9.53. The molecule has 0 bridgehead atoms. The smallest absolute Gasteiger partial charge is 0.234 e. The van der Waals surface area contributed by atoms with Crippen molar-refractivity contribution in [2.45, 2.75) is 84.6 Å². The molecule has 0 spiro atoms. The first-order valence-corrected chi connectivity index (χ1v) is 8.53. The van der Waals surface area contributed by atoms with Gasteiger partial charge in [-0.25, -0.2) is 0 Å². The van der Waals surface area contributed by atoms with Gasteiger partial charge in [-0.05, 0) is 24.7 Å². The Bertz CT molecular complexity index is 270. The Balaban J connectivity index is 2.10. The molecule has 0 aromatic rings. The van der Waals surface area contributed by atoms with Crippen LogP contribution in [0, 0.1) is 5.41 Å². The van der Waals surface area contributed by atoms with Gasteiger partial charge in [0, 0.05) is 12.6 Å². The number of hydrogen-bond acceptors (Lipinski definition) is 2. The highest BCUT2D eigenvalue weighted by Crippen LogP contribution is 2.22. The fourth-order valence-electron chi connectivity index (χ4n) is 2.98. The molecule has 3 heteroatoms. The second-order valence-electron chi connectivity index (χ2n) is 7.13. The van der Waals surface area contributed by atoms with E-state index in [9.17, 15) is 4.79 Å². The Morgan fingerprint density at radius 2 is 1.85 bits per heavy atom. The third-order valence-corrected chi connectivity index (χ3v) is 4.32. The quantitative estimate of drug-likeness (QED) is 0.634. The van der Waals surface area contributed by atoms with E-state index in [2.05, 4.69) is 31.4 Å². The van der Waals surface area contributed by atoms with Gasteiger partial charge in [-0.1, -0.05) is 59.3 Å². The summed E-state index contributed by atoms with van der Waals surface area (Å²) in [6, 6.07) is 0.426. The molecular formula is C17H34N2O. The van der Waals surface area contributed by atoms with Crippen LogP contribution in [0.15, 0.2) is 0 Å². The zero-order valence-electron chi connectivity index (χ0n) is 13.8. The van der Waals surface area contributed by atoms with Crippen molar-refractivity contribution >= 4 is 5.91 Å². The maximum Gasteiger partial charge on any atom is 0.234 e. The summed E-state index contributed by atoms with van der Waals surface area (Å²) in [6.45, 7) is 8.20. The van der Waals surface area contributed by atoms with Crippen LogP contribution >= 0.6 is 0 Å². The summed E-state index contributed by atoms with van der Waals surface area (Å²) >= 11 is 0. The van der Waals surface area contributed by atoms with Crippen LogP contribution in [0.2, 0.25) is 0 Å². The van der Waals surface area contributed by atoms with Crippen molar-refractivity contribution in [1.29, 1.82) is 0 Å². The van der Waals surface area contributed by atoms with Gasteiger partial charge in [0.1, 0.15) is 0 Å². The van der Waals surface area contributed by atoms with Crippen molar-refractivity contribution < 1.29 is 4.79 Å². The lowest BCUT2D eigenvalue weighted by Gasteiger charge is -2.26. The monoisotopic (exact) mass is 282 g/mol. The van der Waals surface area contributed by atoms with Crippen LogP contribution in [0.5, 0.6) is 0 Å². The highest BCUT2D eigenvalue weighted by Gasteiger charge is 2.18. The molecule has 0 aromatic carbocycles. The van der Waals surface area contributed by atoms with E-state index in [4.69, 9.17) is 0 Å². The molecule has 20 heavy (non-hydrogen) atoms. The van der Waals surface area contributed by atoms with E-state index in [-0.39, 0.29) is 5.91 Å². The Hall–Kier alpha value is -0.570. The largest absolute Gasteiger partial charge is 0.352 e. The predicted molar refractivity (Wildman–Crippen MR) is 85.8 cm³/mol. The molecule has 1 saturated carbocycles. The summed E-state index contributed by atoms with van der Waals surface area (Å²) in [5, 5.41) is 6.49.